The Kier molecular flexibility index (Phi) is 6.30. The Balaban J connectivity index is 1.28. The summed E-state index contributed by atoms with van der Waals surface area (Å²) in [5, 5.41) is 7.26. The molecule has 3 N–H and O–H groups in total. The number of amides is 1. The van der Waals surface area contributed by atoms with Gasteiger partial charge >= 0.3 is 0 Å². The highest BCUT2D eigenvalue weighted by Gasteiger charge is 2.27. The van der Waals surface area contributed by atoms with Crippen LogP contribution in [-0.4, -0.2) is 42.3 Å². The second kappa shape index (κ2) is 10.3. The summed E-state index contributed by atoms with van der Waals surface area (Å²) in [6.45, 7) is 0. The second-order valence-corrected chi connectivity index (χ2v) is 10.1. The quantitative estimate of drug-likeness (QED) is 0.286. The van der Waals surface area contributed by atoms with E-state index in [1.807, 2.05) is 53.2 Å². The SMILES string of the molecule is COc1cc(C(=O)N[C@H]2CCc3cc(-n4c(-c5cccnc5N)nc5ccc(-n6cccn6)nc54)ccc32)cc(F)c1F. The number of pyridine rings is 2. The van der Waals surface area contributed by atoms with Crippen molar-refractivity contribution in [2.24, 2.45) is 0 Å². The van der Waals surface area contributed by atoms with Crippen molar-refractivity contribution in [1.82, 2.24) is 34.6 Å². The number of fused-ring (bicyclic) bond motifs is 2. The summed E-state index contributed by atoms with van der Waals surface area (Å²) >= 11 is 0. The lowest BCUT2D eigenvalue weighted by molar-refractivity contribution is 0.0935. The molecule has 43 heavy (non-hydrogen) atoms. The Labute approximate surface area is 243 Å². The van der Waals surface area contributed by atoms with Crippen LogP contribution >= 0.6 is 0 Å². The highest BCUT2D eigenvalue weighted by atomic mass is 19.2. The van der Waals surface area contributed by atoms with Gasteiger partial charge in [-0.25, -0.2) is 24.0 Å². The summed E-state index contributed by atoms with van der Waals surface area (Å²) in [4.78, 5) is 27.0. The number of aromatic nitrogens is 6. The maximum atomic E-state index is 14.1. The van der Waals surface area contributed by atoms with Crippen LogP contribution in [0.1, 0.15) is 33.9 Å². The van der Waals surface area contributed by atoms with Crippen molar-refractivity contribution in [2.45, 2.75) is 18.9 Å². The molecule has 0 unspecified atom stereocenters. The lowest BCUT2D eigenvalue weighted by atomic mass is 10.1. The summed E-state index contributed by atoms with van der Waals surface area (Å²) in [5.41, 5.74) is 11.0. The molecule has 7 rings (SSSR count). The van der Waals surface area contributed by atoms with Gasteiger partial charge in [-0.05, 0) is 78.6 Å². The number of imidazole rings is 1. The normalized spacial score (nSPS) is 14.2. The molecule has 0 bridgehead atoms. The number of nitrogens with two attached hydrogens (primary N) is 1. The minimum atomic E-state index is -1.15. The van der Waals surface area contributed by atoms with Crippen molar-refractivity contribution >= 4 is 22.9 Å². The summed E-state index contributed by atoms with van der Waals surface area (Å²) in [7, 11) is 1.22. The molecule has 0 fully saturated rings. The number of halogens is 2. The maximum Gasteiger partial charge on any atom is 0.252 e. The van der Waals surface area contributed by atoms with Gasteiger partial charge in [0.1, 0.15) is 11.3 Å². The molecule has 1 aliphatic carbocycles. The molecule has 214 valence electrons. The Bertz CT molecular complexity index is 2020. The van der Waals surface area contributed by atoms with Gasteiger partial charge in [0.05, 0.1) is 18.7 Å². The zero-order chi connectivity index (χ0) is 29.7. The summed E-state index contributed by atoms with van der Waals surface area (Å²) < 4.78 is 36.4. The summed E-state index contributed by atoms with van der Waals surface area (Å²) in [6, 6.07) is 16.9. The predicted octanol–water partition coefficient (Wildman–Crippen LogP) is 4.95. The molecule has 10 nitrogen and oxygen atoms in total. The molecule has 12 heteroatoms. The number of nitrogens with one attached hydrogen (secondary N) is 1. The fourth-order valence-electron chi connectivity index (χ4n) is 5.49. The Morgan fingerprint density at radius 2 is 1.95 bits per heavy atom. The van der Waals surface area contributed by atoms with Crippen LogP contribution in [0.4, 0.5) is 14.6 Å². The molecular weight excluding hydrogens is 554 g/mol. The fourth-order valence-corrected chi connectivity index (χ4v) is 5.49. The molecular formula is C31H24F2N8O2. The molecule has 0 saturated carbocycles. The Morgan fingerprint density at radius 3 is 2.74 bits per heavy atom. The first-order chi connectivity index (χ1) is 20.9. The highest BCUT2D eigenvalue weighted by Crippen LogP contribution is 2.36. The average Bonchev–Trinajstić information content (AvgIpc) is 3.77. The van der Waals surface area contributed by atoms with E-state index in [-0.39, 0.29) is 17.4 Å². The van der Waals surface area contributed by atoms with Crippen LogP contribution < -0.4 is 15.8 Å². The average molecular weight is 579 g/mol. The number of hydrogen-bond acceptors (Lipinski definition) is 7. The Morgan fingerprint density at radius 1 is 1.07 bits per heavy atom. The van der Waals surface area contributed by atoms with Crippen molar-refractivity contribution in [3.05, 3.63) is 108 Å². The highest BCUT2D eigenvalue weighted by molar-refractivity contribution is 5.95. The standard InChI is InChI=1S/C31H24F2N8O2/c1-43-25-16-18(15-22(32)27(25)33)31(42)38-23-8-5-17-14-19(6-7-20(17)23)41-29(21-4-2-11-35-28(21)34)37-24-9-10-26(39-30(24)41)40-13-3-12-36-40/h2-4,6-7,9-16,23H,5,8H2,1H3,(H2,34,35)(H,38,42)/t23-/m0/s1. The van der Waals surface area contributed by atoms with E-state index in [2.05, 4.69) is 15.4 Å². The first kappa shape index (κ1) is 26.3. The van der Waals surface area contributed by atoms with Gasteiger partial charge in [-0.3, -0.25) is 9.36 Å². The Hall–Kier alpha value is -5.65. The molecule has 4 aromatic heterocycles. The third-order valence-electron chi connectivity index (χ3n) is 7.55. The van der Waals surface area contributed by atoms with Crippen LogP contribution in [0.5, 0.6) is 5.75 Å². The third kappa shape index (κ3) is 4.53. The first-order valence-corrected chi connectivity index (χ1v) is 13.5. The molecule has 2 aromatic carbocycles. The minimum Gasteiger partial charge on any atom is -0.494 e. The van der Waals surface area contributed by atoms with Crippen molar-refractivity contribution in [2.75, 3.05) is 12.8 Å². The van der Waals surface area contributed by atoms with Crippen molar-refractivity contribution in [1.29, 1.82) is 0 Å². The van der Waals surface area contributed by atoms with E-state index in [0.29, 0.717) is 47.0 Å². The van der Waals surface area contributed by atoms with Crippen molar-refractivity contribution < 1.29 is 18.3 Å². The zero-order valence-electron chi connectivity index (χ0n) is 22.8. The lowest BCUT2D eigenvalue weighted by Gasteiger charge is -2.16. The van der Waals surface area contributed by atoms with E-state index in [4.69, 9.17) is 20.4 Å². The minimum absolute atomic E-state index is 0.0246. The number of carbonyl (C=O) groups excluding carboxylic acids is 1. The van der Waals surface area contributed by atoms with E-state index in [0.717, 1.165) is 22.9 Å². The molecule has 6 aromatic rings. The number of nitrogens with zero attached hydrogens (tertiary/aromatic N) is 6. The van der Waals surface area contributed by atoms with Gasteiger partial charge in [0.25, 0.3) is 5.91 Å². The van der Waals surface area contributed by atoms with E-state index in [1.165, 1.54) is 13.2 Å². The number of nitrogen functional groups attached to an aromatic ring is 1. The van der Waals surface area contributed by atoms with Crippen LogP contribution in [0.2, 0.25) is 0 Å². The number of hydrogen-bond donors (Lipinski definition) is 2. The molecule has 0 saturated heterocycles. The molecule has 0 aliphatic heterocycles. The van der Waals surface area contributed by atoms with Crippen molar-refractivity contribution in [3.63, 3.8) is 0 Å². The predicted molar refractivity (Wildman–Crippen MR) is 155 cm³/mol. The van der Waals surface area contributed by atoms with E-state index in [1.54, 1.807) is 23.1 Å². The largest absolute Gasteiger partial charge is 0.494 e. The topological polar surface area (TPSA) is 126 Å². The van der Waals surface area contributed by atoms with Crippen LogP contribution in [0, 0.1) is 11.6 Å². The molecule has 1 aliphatic rings. The molecule has 0 spiro atoms. The van der Waals surface area contributed by atoms with Crippen LogP contribution in [0.25, 0.3) is 34.1 Å². The fraction of sp³-hybridized carbons (Fsp3) is 0.129. The zero-order valence-corrected chi connectivity index (χ0v) is 22.8. The molecule has 1 amide bonds. The van der Waals surface area contributed by atoms with Gasteiger partial charge in [0.2, 0.25) is 5.82 Å². The van der Waals surface area contributed by atoms with E-state index < -0.39 is 17.5 Å². The summed E-state index contributed by atoms with van der Waals surface area (Å²) in [6.07, 6.45) is 6.46. The van der Waals surface area contributed by atoms with E-state index >= 15 is 0 Å². The van der Waals surface area contributed by atoms with Gasteiger partial charge in [0.15, 0.2) is 28.9 Å². The maximum absolute atomic E-state index is 14.1. The molecule has 4 heterocycles. The van der Waals surface area contributed by atoms with Gasteiger partial charge < -0.3 is 15.8 Å². The number of anilines is 1. The van der Waals surface area contributed by atoms with Crippen molar-refractivity contribution in [3.8, 4) is 28.6 Å². The molecule has 1 atom stereocenters. The van der Waals surface area contributed by atoms with Gasteiger partial charge in [0, 0.05) is 29.8 Å². The number of benzene rings is 2. The van der Waals surface area contributed by atoms with Gasteiger partial charge in [-0.15, -0.1) is 0 Å². The number of rotatable bonds is 6. The summed E-state index contributed by atoms with van der Waals surface area (Å²) in [5.74, 6) is -1.59. The second-order valence-electron chi connectivity index (χ2n) is 10.1. The first-order valence-electron chi connectivity index (χ1n) is 13.5. The number of aryl methyl sites for hydroxylation is 1. The number of methoxy groups -OCH3 is 1. The lowest BCUT2D eigenvalue weighted by Crippen LogP contribution is -2.27. The van der Waals surface area contributed by atoms with Crippen LogP contribution in [0.15, 0.2) is 79.3 Å². The smallest absolute Gasteiger partial charge is 0.252 e. The monoisotopic (exact) mass is 578 g/mol. The third-order valence-corrected chi connectivity index (χ3v) is 7.55. The number of ether oxygens (including phenoxy) is 1. The van der Waals surface area contributed by atoms with E-state index in [9.17, 15) is 13.6 Å². The molecule has 0 radical (unpaired) electrons. The van der Waals surface area contributed by atoms with Gasteiger partial charge in [-0.2, -0.15) is 9.49 Å². The van der Waals surface area contributed by atoms with Gasteiger partial charge in [-0.1, -0.05) is 6.07 Å². The van der Waals surface area contributed by atoms with Crippen LogP contribution in [0.3, 0.4) is 0 Å². The van der Waals surface area contributed by atoms with Crippen LogP contribution in [-0.2, 0) is 6.42 Å². The number of carbonyl (C=O) groups is 1.